The van der Waals surface area contributed by atoms with Crippen molar-refractivity contribution in [1.82, 2.24) is 14.5 Å². The Morgan fingerprint density at radius 2 is 2.00 bits per heavy atom. The van der Waals surface area contributed by atoms with Crippen LogP contribution in [0.4, 0.5) is 5.13 Å². The van der Waals surface area contributed by atoms with Crippen molar-refractivity contribution in [2.75, 3.05) is 25.7 Å². The maximum absolute atomic E-state index is 13.8. The van der Waals surface area contributed by atoms with Gasteiger partial charge in [0.2, 0.25) is 0 Å². The molecule has 33 heavy (non-hydrogen) atoms. The third kappa shape index (κ3) is 5.12. The summed E-state index contributed by atoms with van der Waals surface area (Å²) in [5.74, 6) is 0.778. The molecule has 2 aromatic carbocycles. The standard InChI is InChI=1S/C24H26N4O3S.ClH/c1-16-13-17(2)22-19(14-16)26-24(32-22)28(11-6-10-27-12-9-25-15-27)23(29)18-7-5-8-20(30-3)21(18)31-4;/h5,7-9,12-15H,6,10-11H2,1-4H3;1H. The molecule has 4 aromatic rings. The Morgan fingerprint density at radius 3 is 2.70 bits per heavy atom. The van der Waals surface area contributed by atoms with E-state index in [9.17, 15) is 4.79 Å². The van der Waals surface area contributed by atoms with E-state index in [1.165, 1.54) is 11.3 Å². The number of rotatable bonds is 8. The van der Waals surface area contributed by atoms with Crippen LogP contribution < -0.4 is 14.4 Å². The van der Waals surface area contributed by atoms with Crippen molar-refractivity contribution in [3.8, 4) is 11.5 Å². The zero-order valence-electron chi connectivity index (χ0n) is 19.1. The number of fused-ring (bicyclic) bond motifs is 1. The molecule has 0 fully saturated rings. The van der Waals surface area contributed by atoms with Gasteiger partial charge in [-0.25, -0.2) is 9.97 Å². The summed E-state index contributed by atoms with van der Waals surface area (Å²) in [6, 6.07) is 9.53. The lowest BCUT2D eigenvalue weighted by Crippen LogP contribution is -2.32. The molecular weight excluding hydrogens is 460 g/mol. The van der Waals surface area contributed by atoms with Crippen molar-refractivity contribution < 1.29 is 14.3 Å². The van der Waals surface area contributed by atoms with E-state index in [1.54, 1.807) is 49.8 Å². The van der Waals surface area contributed by atoms with Gasteiger partial charge < -0.3 is 14.0 Å². The number of amides is 1. The summed E-state index contributed by atoms with van der Waals surface area (Å²) in [7, 11) is 3.11. The normalized spacial score (nSPS) is 10.7. The van der Waals surface area contributed by atoms with Crippen molar-refractivity contribution in [3.63, 3.8) is 0 Å². The molecule has 0 aliphatic carbocycles. The minimum Gasteiger partial charge on any atom is -0.493 e. The van der Waals surface area contributed by atoms with Gasteiger partial charge in [-0.2, -0.15) is 0 Å². The minimum absolute atomic E-state index is 0. The van der Waals surface area contributed by atoms with Crippen molar-refractivity contribution in [2.24, 2.45) is 0 Å². The SMILES string of the molecule is COc1cccc(C(=O)N(CCCn2ccnc2)c2nc3cc(C)cc(C)c3s2)c1OC.Cl. The number of hydrogen-bond acceptors (Lipinski definition) is 6. The quantitative estimate of drug-likeness (QED) is 0.338. The number of ether oxygens (including phenoxy) is 2. The van der Waals surface area contributed by atoms with Crippen LogP contribution in [0.3, 0.4) is 0 Å². The molecule has 0 N–H and O–H groups in total. The average Bonchev–Trinajstić information content (AvgIpc) is 3.45. The number of halogens is 1. The molecule has 0 aliphatic rings. The third-order valence-electron chi connectivity index (χ3n) is 5.28. The predicted molar refractivity (Wildman–Crippen MR) is 134 cm³/mol. The Labute approximate surface area is 203 Å². The molecule has 4 rings (SSSR count). The number of hydrogen-bond donors (Lipinski definition) is 0. The van der Waals surface area contributed by atoms with E-state index in [0.717, 1.165) is 34.3 Å². The van der Waals surface area contributed by atoms with E-state index >= 15 is 0 Å². The zero-order valence-corrected chi connectivity index (χ0v) is 20.7. The number of benzene rings is 2. The Morgan fingerprint density at radius 1 is 1.18 bits per heavy atom. The van der Waals surface area contributed by atoms with Gasteiger partial charge >= 0.3 is 0 Å². The summed E-state index contributed by atoms with van der Waals surface area (Å²) in [6.07, 6.45) is 6.20. The molecule has 2 aromatic heterocycles. The van der Waals surface area contributed by atoms with E-state index < -0.39 is 0 Å². The number of carbonyl (C=O) groups excluding carboxylic acids is 1. The molecule has 0 atom stereocenters. The molecule has 1 amide bonds. The van der Waals surface area contributed by atoms with Gasteiger partial charge in [-0.3, -0.25) is 9.69 Å². The molecule has 9 heteroatoms. The van der Waals surface area contributed by atoms with Gasteiger partial charge in [0, 0.05) is 25.5 Å². The fourth-order valence-corrected chi connectivity index (χ4v) is 4.84. The number of carbonyl (C=O) groups is 1. The first kappa shape index (κ1) is 24.5. The second-order valence-corrected chi connectivity index (χ2v) is 8.56. The van der Waals surface area contributed by atoms with Crippen LogP contribution in [0.5, 0.6) is 11.5 Å². The Bertz CT molecular complexity index is 1240. The van der Waals surface area contributed by atoms with Crippen LogP contribution in [0.15, 0.2) is 49.1 Å². The molecular formula is C24H27ClN4O3S. The first-order valence-corrected chi connectivity index (χ1v) is 11.2. The molecule has 2 heterocycles. The summed E-state index contributed by atoms with van der Waals surface area (Å²) >= 11 is 1.54. The maximum Gasteiger partial charge on any atom is 0.263 e. The monoisotopic (exact) mass is 486 g/mol. The number of imidazole rings is 1. The van der Waals surface area contributed by atoms with E-state index in [4.69, 9.17) is 14.5 Å². The van der Waals surface area contributed by atoms with Crippen molar-refractivity contribution in [1.29, 1.82) is 0 Å². The number of aryl methyl sites for hydroxylation is 3. The van der Waals surface area contributed by atoms with Crippen LogP contribution >= 0.6 is 23.7 Å². The molecule has 0 saturated carbocycles. The summed E-state index contributed by atoms with van der Waals surface area (Å²) < 4.78 is 14.0. The smallest absolute Gasteiger partial charge is 0.263 e. The van der Waals surface area contributed by atoms with Crippen molar-refractivity contribution >= 4 is 45.0 Å². The highest BCUT2D eigenvalue weighted by atomic mass is 35.5. The van der Waals surface area contributed by atoms with E-state index in [2.05, 4.69) is 31.0 Å². The number of para-hydroxylation sites is 1. The summed E-state index contributed by atoms with van der Waals surface area (Å²) in [5.41, 5.74) is 3.67. The predicted octanol–water partition coefficient (Wildman–Crippen LogP) is 5.29. The number of nitrogens with zero attached hydrogens (tertiary/aromatic N) is 4. The van der Waals surface area contributed by atoms with Gasteiger partial charge in [-0.1, -0.05) is 23.5 Å². The highest BCUT2D eigenvalue weighted by Gasteiger charge is 2.25. The lowest BCUT2D eigenvalue weighted by molar-refractivity contribution is 0.0982. The van der Waals surface area contributed by atoms with E-state index in [-0.39, 0.29) is 18.3 Å². The topological polar surface area (TPSA) is 69.5 Å². The first-order valence-electron chi connectivity index (χ1n) is 10.4. The number of thiazole rings is 1. The van der Waals surface area contributed by atoms with Crippen LogP contribution in [0.25, 0.3) is 10.2 Å². The molecule has 0 bridgehead atoms. The molecule has 0 radical (unpaired) electrons. The molecule has 0 spiro atoms. The third-order valence-corrected chi connectivity index (χ3v) is 6.50. The Kier molecular flexibility index (Phi) is 7.94. The molecule has 174 valence electrons. The van der Waals surface area contributed by atoms with Crippen LogP contribution in [0.2, 0.25) is 0 Å². The Hall–Kier alpha value is -3.10. The summed E-state index contributed by atoms with van der Waals surface area (Å²) in [6.45, 7) is 5.39. The fourth-order valence-electron chi connectivity index (χ4n) is 3.80. The number of methoxy groups -OCH3 is 2. The lowest BCUT2D eigenvalue weighted by atomic mass is 10.1. The zero-order chi connectivity index (χ0) is 22.7. The van der Waals surface area contributed by atoms with Crippen LogP contribution in [0, 0.1) is 13.8 Å². The lowest BCUT2D eigenvalue weighted by Gasteiger charge is -2.22. The van der Waals surface area contributed by atoms with Gasteiger partial charge in [0.25, 0.3) is 5.91 Å². The van der Waals surface area contributed by atoms with Crippen molar-refractivity contribution in [2.45, 2.75) is 26.8 Å². The molecule has 0 aliphatic heterocycles. The molecule has 0 unspecified atom stereocenters. The van der Waals surface area contributed by atoms with Gasteiger partial charge in [0.1, 0.15) is 0 Å². The number of anilines is 1. The van der Waals surface area contributed by atoms with Gasteiger partial charge in [0.15, 0.2) is 16.6 Å². The number of aromatic nitrogens is 3. The van der Waals surface area contributed by atoms with Gasteiger partial charge in [-0.05, 0) is 49.6 Å². The average molecular weight is 487 g/mol. The van der Waals surface area contributed by atoms with Crippen molar-refractivity contribution in [3.05, 3.63) is 65.7 Å². The van der Waals surface area contributed by atoms with Gasteiger partial charge in [0.05, 0.1) is 36.3 Å². The second-order valence-electron chi connectivity index (χ2n) is 7.58. The largest absolute Gasteiger partial charge is 0.493 e. The first-order chi connectivity index (χ1) is 15.5. The minimum atomic E-state index is -0.167. The van der Waals surface area contributed by atoms with Crippen LogP contribution in [0.1, 0.15) is 27.9 Å². The highest BCUT2D eigenvalue weighted by molar-refractivity contribution is 7.22. The van der Waals surface area contributed by atoms with E-state index in [1.807, 2.05) is 10.8 Å². The molecule has 0 saturated heterocycles. The van der Waals surface area contributed by atoms with E-state index in [0.29, 0.717) is 28.7 Å². The van der Waals surface area contributed by atoms with Crippen LogP contribution in [-0.4, -0.2) is 41.2 Å². The summed E-state index contributed by atoms with van der Waals surface area (Å²) in [4.78, 5) is 24.4. The van der Waals surface area contributed by atoms with Crippen LogP contribution in [-0.2, 0) is 6.54 Å². The van der Waals surface area contributed by atoms with Gasteiger partial charge in [-0.15, -0.1) is 12.4 Å². The summed E-state index contributed by atoms with van der Waals surface area (Å²) in [5, 5.41) is 0.675. The maximum atomic E-state index is 13.8. The molecule has 7 nitrogen and oxygen atoms in total. The Balaban J connectivity index is 0.00000306. The fraction of sp³-hybridized carbons (Fsp3) is 0.292. The second kappa shape index (κ2) is 10.7. The highest BCUT2D eigenvalue weighted by Crippen LogP contribution is 2.36.